The quantitative estimate of drug-likeness (QED) is 0.673. The molecule has 0 saturated heterocycles. The summed E-state index contributed by atoms with van der Waals surface area (Å²) in [6.07, 6.45) is 0. The summed E-state index contributed by atoms with van der Waals surface area (Å²) in [7, 11) is -4.01. The van der Waals surface area contributed by atoms with Gasteiger partial charge >= 0.3 is 0 Å². The first kappa shape index (κ1) is 14.7. The zero-order valence-corrected chi connectivity index (χ0v) is 12.6. The number of thiophene rings is 2. The minimum Gasteiger partial charge on any atom is -0.269 e. The topological polar surface area (TPSA) is 113 Å². The predicted octanol–water partition coefficient (Wildman–Crippen LogP) is 3.04. The lowest BCUT2D eigenvalue weighted by molar-refractivity contribution is -0.384. The smallest absolute Gasteiger partial charge is 0.269 e. The Hall–Kier alpha value is -1.67. The van der Waals surface area contributed by atoms with E-state index in [1.54, 1.807) is 5.38 Å². The van der Waals surface area contributed by atoms with E-state index in [4.69, 9.17) is 16.9 Å². The van der Waals surface area contributed by atoms with Gasteiger partial charge in [0, 0.05) is 6.07 Å². The van der Waals surface area contributed by atoms with Crippen molar-refractivity contribution in [2.24, 2.45) is 0 Å². The Balaban J connectivity index is 2.39. The van der Waals surface area contributed by atoms with Crippen molar-refractivity contribution >= 4 is 55.0 Å². The van der Waals surface area contributed by atoms with Crippen molar-refractivity contribution in [3.63, 3.8) is 0 Å². The van der Waals surface area contributed by atoms with Gasteiger partial charge in [0.05, 0.1) is 10.5 Å². The highest BCUT2D eigenvalue weighted by Crippen LogP contribution is 2.37. The molecule has 0 aromatic carbocycles. The number of nitriles is 1. The van der Waals surface area contributed by atoms with Crippen LogP contribution in [0.3, 0.4) is 0 Å². The Morgan fingerprint density at radius 1 is 1.50 bits per heavy atom. The second-order valence-corrected chi connectivity index (χ2v) is 7.84. The van der Waals surface area contributed by atoms with Gasteiger partial charge in [0.2, 0.25) is 0 Å². The second-order valence-electron chi connectivity index (χ2n) is 3.36. The van der Waals surface area contributed by atoms with Gasteiger partial charge in [0.1, 0.15) is 15.3 Å². The van der Waals surface area contributed by atoms with Crippen molar-refractivity contribution in [2.75, 3.05) is 4.72 Å². The van der Waals surface area contributed by atoms with Gasteiger partial charge in [-0.2, -0.15) is 5.26 Å². The molecule has 0 fully saturated rings. The van der Waals surface area contributed by atoms with Crippen molar-refractivity contribution in [3.05, 3.63) is 37.5 Å². The van der Waals surface area contributed by atoms with E-state index in [1.165, 1.54) is 6.07 Å². The van der Waals surface area contributed by atoms with E-state index in [0.717, 1.165) is 17.4 Å². The summed E-state index contributed by atoms with van der Waals surface area (Å²) in [6.45, 7) is 0. The van der Waals surface area contributed by atoms with Crippen molar-refractivity contribution < 1.29 is 13.3 Å². The minimum atomic E-state index is -4.01. The Morgan fingerprint density at radius 2 is 2.20 bits per heavy atom. The molecule has 0 radical (unpaired) electrons. The summed E-state index contributed by atoms with van der Waals surface area (Å²) in [5.74, 6) is 0. The first-order chi connectivity index (χ1) is 9.35. The number of hydrogen-bond donors (Lipinski definition) is 1. The molecule has 0 spiro atoms. The van der Waals surface area contributed by atoms with E-state index < -0.39 is 20.6 Å². The SMILES string of the molecule is N#Cc1ccsc1NS(=O)(=O)c1cc([N+](=O)[O-])c(Cl)s1. The molecule has 2 aromatic rings. The summed E-state index contributed by atoms with van der Waals surface area (Å²) >= 11 is 7.24. The highest BCUT2D eigenvalue weighted by molar-refractivity contribution is 7.95. The lowest BCUT2D eigenvalue weighted by atomic mass is 10.4. The average molecular weight is 350 g/mol. The summed E-state index contributed by atoms with van der Waals surface area (Å²) in [6, 6.07) is 4.19. The first-order valence-corrected chi connectivity index (χ1v) is 8.35. The summed E-state index contributed by atoms with van der Waals surface area (Å²) in [5, 5.41) is 21.2. The molecule has 0 bridgehead atoms. The van der Waals surface area contributed by atoms with E-state index in [0.29, 0.717) is 11.3 Å². The number of nitrogens with zero attached hydrogens (tertiary/aromatic N) is 2. The fraction of sp³-hybridized carbons (Fsp3) is 0. The molecule has 2 rings (SSSR count). The van der Waals surface area contributed by atoms with Gasteiger partial charge < -0.3 is 0 Å². The van der Waals surface area contributed by atoms with Crippen LogP contribution in [0.2, 0.25) is 4.34 Å². The van der Waals surface area contributed by atoms with E-state index in [1.807, 2.05) is 6.07 Å². The average Bonchev–Trinajstić information content (AvgIpc) is 2.95. The van der Waals surface area contributed by atoms with Crippen molar-refractivity contribution in [1.82, 2.24) is 0 Å². The van der Waals surface area contributed by atoms with Crippen LogP contribution in [-0.2, 0) is 10.0 Å². The molecule has 2 aromatic heterocycles. The van der Waals surface area contributed by atoms with Gasteiger partial charge in [-0.25, -0.2) is 8.42 Å². The first-order valence-electron chi connectivity index (χ1n) is 4.79. The van der Waals surface area contributed by atoms with Gasteiger partial charge in [-0.1, -0.05) is 11.6 Å². The third kappa shape index (κ3) is 2.75. The molecule has 7 nitrogen and oxygen atoms in total. The van der Waals surface area contributed by atoms with Crippen molar-refractivity contribution in [1.29, 1.82) is 5.26 Å². The number of halogens is 1. The Labute approximate surface area is 126 Å². The summed E-state index contributed by atoms with van der Waals surface area (Å²) in [5.41, 5.74) is -0.292. The molecule has 0 saturated carbocycles. The van der Waals surface area contributed by atoms with Crippen LogP contribution in [0.4, 0.5) is 10.7 Å². The van der Waals surface area contributed by atoms with Gasteiger partial charge in [-0.3, -0.25) is 14.8 Å². The Morgan fingerprint density at radius 3 is 2.75 bits per heavy atom. The van der Waals surface area contributed by atoms with Gasteiger partial charge in [0.25, 0.3) is 15.7 Å². The third-order valence-corrected chi connectivity index (χ3v) is 6.24. The van der Waals surface area contributed by atoms with Gasteiger partial charge in [-0.05, 0) is 11.4 Å². The monoisotopic (exact) mass is 349 g/mol. The minimum absolute atomic E-state index is 0.152. The molecule has 0 unspecified atom stereocenters. The highest BCUT2D eigenvalue weighted by atomic mass is 35.5. The molecule has 0 aliphatic heterocycles. The number of sulfonamides is 1. The number of anilines is 1. The molecule has 0 atom stereocenters. The third-order valence-electron chi connectivity index (χ3n) is 2.12. The molecular formula is C9H4ClN3O4S3. The van der Waals surface area contributed by atoms with Crippen LogP contribution in [0.5, 0.6) is 0 Å². The summed E-state index contributed by atoms with van der Waals surface area (Å²) in [4.78, 5) is 9.89. The molecule has 1 N–H and O–H groups in total. The maximum Gasteiger partial charge on any atom is 0.300 e. The molecule has 2 heterocycles. The van der Waals surface area contributed by atoms with Crippen molar-refractivity contribution in [2.45, 2.75) is 4.21 Å². The van der Waals surface area contributed by atoms with E-state index in [9.17, 15) is 18.5 Å². The zero-order valence-electron chi connectivity index (χ0n) is 9.36. The van der Waals surface area contributed by atoms with Gasteiger partial charge in [0.15, 0.2) is 4.34 Å². The van der Waals surface area contributed by atoms with Crippen LogP contribution >= 0.6 is 34.3 Å². The lowest BCUT2D eigenvalue weighted by Crippen LogP contribution is -2.11. The lowest BCUT2D eigenvalue weighted by Gasteiger charge is -2.03. The van der Waals surface area contributed by atoms with E-state index in [2.05, 4.69) is 4.72 Å². The molecule has 20 heavy (non-hydrogen) atoms. The largest absolute Gasteiger partial charge is 0.300 e. The number of nitrogens with one attached hydrogen (secondary N) is 1. The predicted molar refractivity (Wildman–Crippen MR) is 75.8 cm³/mol. The zero-order chi connectivity index (χ0) is 14.9. The second kappa shape index (κ2) is 5.37. The number of hydrogen-bond acceptors (Lipinski definition) is 7. The van der Waals surface area contributed by atoms with E-state index >= 15 is 0 Å². The van der Waals surface area contributed by atoms with E-state index in [-0.39, 0.29) is 19.1 Å². The normalized spacial score (nSPS) is 11.0. The maximum atomic E-state index is 12.1. The fourth-order valence-electron chi connectivity index (χ4n) is 1.24. The number of nitro groups is 1. The van der Waals surface area contributed by atoms with Crippen LogP contribution in [0, 0.1) is 21.4 Å². The van der Waals surface area contributed by atoms with Gasteiger partial charge in [-0.15, -0.1) is 22.7 Å². The molecule has 0 aliphatic carbocycles. The Kier molecular flexibility index (Phi) is 3.96. The van der Waals surface area contributed by atoms with Crippen LogP contribution < -0.4 is 4.72 Å². The number of rotatable bonds is 4. The van der Waals surface area contributed by atoms with Crippen LogP contribution in [0.15, 0.2) is 21.7 Å². The molecule has 104 valence electrons. The molecule has 11 heteroatoms. The molecule has 0 aliphatic rings. The van der Waals surface area contributed by atoms with Crippen LogP contribution in [-0.4, -0.2) is 13.3 Å². The molecule has 0 amide bonds. The van der Waals surface area contributed by atoms with Crippen LogP contribution in [0.25, 0.3) is 0 Å². The van der Waals surface area contributed by atoms with Crippen molar-refractivity contribution in [3.8, 4) is 6.07 Å². The summed E-state index contributed by atoms with van der Waals surface area (Å²) < 4.78 is 25.8. The maximum absolute atomic E-state index is 12.1. The Bertz CT molecular complexity index is 818. The highest BCUT2D eigenvalue weighted by Gasteiger charge is 2.26. The fourth-order valence-corrected chi connectivity index (χ4v) is 4.98. The molecular weight excluding hydrogens is 346 g/mol. The standard InChI is InChI=1S/C9H4ClN3O4S3/c10-8-6(13(14)15)3-7(19-8)20(16,17)12-9-5(4-11)1-2-18-9/h1-3,12H. The van der Waals surface area contributed by atoms with Crippen LogP contribution in [0.1, 0.15) is 5.56 Å².